The van der Waals surface area contributed by atoms with E-state index in [-0.39, 0.29) is 11.7 Å². The molecule has 25 heavy (non-hydrogen) atoms. The SMILES string of the molecule is COc1ccc2oc(C(=O)Nc3cnc4ccccc4c3)c(C)c2c1. The predicted octanol–water partition coefficient (Wildman–Crippen LogP) is 4.55. The highest BCUT2D eigenvalue weighted by atomic mass is 16.5. The van der Waals surface area contributed by atoms with Gasteiger partial charge in [-0.3, -0.25) is 9.78 Å². The molecule has 0 aliphatic carbocycles. The summed E-state index contributed by atoms with van der Waals surface area (Å²) in [7, 11) is 1.61. The Kier molecular flexibility index (Phi) is 3.61. The minimum absolute atomic E-state index is 0.288. The van der Waals surface area contributed by atoms with Gasteiger partial charge in [0.1, 0.15) is 11.3 Å². The maximum absolute atomic E-state index is 12.6. The van der Waals surface area contributed by atoms with Gasteiger partial charge in [-0.25, -0.2) is 0 Å². The van der Waals surface area contributed by atoms with Crippen molar-refractivity contribution in [1.29, 1.82) is 0 Å². The number of anilines is 1. The summed E-state index contributed by atoms with van der Waals surface area (Å²) >= 11 is 0. The highest BCUT2D eigenvalue weighted by Gasteiger charge is 2.18. The van der Waals surface area contributed by atoms with Crippen molar-refractivity contribution in [3.05, 3.63) is 66.1 Å². The van der Waals surface area contributed by atoms with Crippen molar-refractivity contribution in [2.75, 3.05) is 12.4 Å². The van der Waals surface area contributed by atoms with Crippen LogP contribution in [0.3, 0.4) is 0 Å². The van der Waals surface area contributed by atoms with Crippen LogP contribution in [-0.2, 0) is 0 Å². The fourth-order valence-corrected chi connectivity index (χ4v) is 2.87. The molecule has 2 heterocycles. The summed E-state index contributed by atoms with van der Waals surface area (Å²) in [5.41, 5.74) is 2.94. The number of fused-ring (bicyclic) bond motifs is 2. The Morgan fingerprint density at radius 1 is 1.16 bits per heavy atom. The molecule has 5 nitrogen and oxygen atoms in total. The van der Waals surface area contributed by atoms with Gasteiger partial charge >= 0.3 is 0 Å². The zero-order valence-corrected chi connectivity index (χ0v) is 13.9. The Morgan fingerprint density at radius 3 is 2.84 bits per heavy atom. The monoisotopic (exact) mass is 332 g/mol. The molecule has 2 aromatic heterocycles. The number of hydrogen-bond acceptors (Lipinski definition) is 4. The van der Waals surface area contributed by atoms with Crippen molar-refractivity contribution in [2.45, 2.75) is 6.92 Å². The van der Waals surface area contributed by atoms with Crippen LogP contribution in [0.5, 0.6) is 5.75 Å². The van der Waals surface area contributed by atoms with Crippen LogP contribution in [-0.4, -0.2) is 18.0 Å². The van der Waals surface area contributed by atoms with E-state index in [9.17, 15) is 4.79 Å². The molecule has 1 N–H and O–H groups in total. The lowest BCUT2D eigenvalue weighted by Crippen LogP contribution is -2.12. The number of rotatable bonds is 3. The van der Waals surface area contributed by atoms with Gasteiger partial charge in [-0.15, -0.1) is 0 Å². The summed E-state index contributed by atoms with van der Waals surface area (Å²) in [5, 5.41) is 4.68. The van der Waals surface area contributed by atoms with Gasteiger partial charge in [-0.05, 0) is 37.3 Å². The summed E-state index contributed by atoms with van der Waals surface area (Å²) in [6.07, 6.45) is 1.64. The molecule has 0 aliphatic rings. The summed E-state index contributed by atoms with van der Waals surface area (Å²) in [4.78, 5) is 17.0. The summed E-state index contributed by atoms with van der Waals surface area (Å²) in [6, 6.07) is 15.1. The number of nitrogens with zero attached hydrogens (tertiary/aromatic N) is 1. The Balaban J connectivity index is 1.68. The molecule has 0 aliphatic heterocycles. The van der Waals surface area contributed by atoms with Crippen LogP contribution in [0.1, 0.15) is 16.1 Å². The number of benzene rings is 2. The van der Waals surface area contributed by atoms with Crippen LogP contribution in [0.15, 0.2) is 59.1 Å². The molecule has 5 heteroatoms. The smallest absolute Gasteiger partial charge is 0.291 e. The van der Waals surface area contributed by atoms with Crippen LogP contribution in [0.2, 0.25) is 0 Å². The number of hydrogen-bond donors (Lipinski definition) is 1. The van der Waals surface area contributed by atoms with Crippen LogP contribution in [0.4, 0.5) is 5.69 Å². The molecule has 0 spiro atoms. The van der Waals surface area contributed by atoms with Crippen LogP contribution < -0.4 is 10.1 Å². The first kappa shape index (κ1) is 15.2. The number of pyridine rings is 1. The van der Waals surface area contributed by atoms with Crippen molar-refractivity contribution in [3.63, 3.8) is 0 Å². The Morgan fingerprint density at radius 2 is 2.00 bits per heavy atom. The third-order valence-electron chi connectivity index (χ3n) is 4.20. The number of ether oxygens (including phenoxy) is 1. The van der Waals surface area contributed by atoms with Gasteiger partial charge in [0.15, 0.2) is 5.76 Å². The minimum atomic E-state index is -0.301. The van der Waals surface area contributed by atoms with Gasteiger partial charge in [0.05, 0.1) is 24.5 Å². The molecule has 4 rings (SSSR count). The topological polar surface area (TPSA) is 64.4 Å². The second-order valence-electron chi connectivity index (χ2n) is 5.79. The average molecular weight is 332 g/mol. The van der Waals surface area contributed by atoms with E-state index in [1.165, 1.54) is 0 Å². The van der Waals surface area contributed by atoms with Gasteiger partial charge < -0.3 is 14.5 Å². The number of furan rings is 1. The summed E-state index contributed by atoms with van der Waals surface area (Å²) in [6.45, 7) is 1.86. The molecular formula is C20H16N2O3. The first-order valence-electron chi connectivity index (χ1n) is 7.89. The van der Waals surface area contributed by atoms with Crippen molar-refractivity contribution < 1.29 is 13.9 Å². The number of carbonyl (C=O) groups is 1. The number of aromatic nitrogens is 1. The Labute approximate surface area is 144 Å². The normalized spacial score (nSPS) is 11.0. The van der Waals surface area contributed by atoms with E-state index < -0.39 is 0 Å². The molecule has 0 unspecified atom stereocenters. The molecule has 0 bridgehead atoms. The van der Waals surface area contributed by atoms with Gasteiger partial charge in [-0.1, -0.05) is 18.2 Å². The van der Waals surface area contributed by atoms with Gasteiger partial charge in [-0.2, -0.15) is 0 Å². The number of para-hydroxylation sites is 1. The van der Waals surface area contributed by atoms with Gasteiger partial charge in [0.25, 0.3) is 5.91 Å². The quantitative estimate of drug-likeness (QED) is 0.598. The number of aryl methyl sites for hydroxylation is 1. The molecule has 0 saturated heterocycles. The molecule has 0 fully saturated rings. The van der Waals surface area contributed by atoms with E-state index in [0.29, 0.717) is 11.3 Å². The fraction of sp³-hybridized carbons (Fsp3) is 0.100. The Hall–Kier alpha value is -3.34. The van der Waals surface area contributed by atoms with Crippen molar-refractivity contribution in [1.82, 2.24) is 4.98 Å². The predicted molar refractivity (Wildman–Crippen MR) is 97.2 cm³/mol. The van der Waals surface area contributed by atoms with Crippen LogP contribution in [0.25, 0.3) is 21.9 Å². The van der Waals surface area contributed by atoms with E-state index in [2.05, 4.69) is 10.3 Å². The highest BCUT2D eigenvalue weighted by Crippen LogP contribution is 2.29. The van der Waals surface area contributed by atoms with E-state index in [1.807, 2.05) is 43.3 Å². The fourth-order valence-electron chi connectivity index (χ4n) is 2.87. The van der Waals surface area contributed by atoms with E-state index in [0.717, 1.165) is 27.6 Å². The minimum Gasteiger partial charge on any atom is -0.497 e. The molecule has 2 aromatic carbocycles. The number of amides is 1. The van der Waals surface area contributed by atoms with Crippen LogP contribution in [0, 0.1) is 6.92 Å². The highest BCUT2D eigenvalue weighted by molar-refractivity contribution is 6.07. The average Bonchev–Trinajstić information content (AvgIpc) is 2.98. The molecule has 0 radical (unpaired) electrons. The third kappa shape index (κ3) is 2.70. The van der Waals surface area contributed by atoms with E-state index >= 15 is 0 Å². The largest absolute Gasteiger partial charge is 0.497 e. The van der Waals surface area contributed by atoms with Crippen molar-refractivity contribution >= 4 is 33.5 Å². The summed E-state index contributed by atoms with van der Waals surface area (Å²) in [5.74, 6) is 0.711. The first-order chi connectivity index (χ1) is 12.2. The standard InChI is InChI=1S/C20H16N2O3/c1-12-16-10-15(24-2)7-8-18(16)25-19(12)20(23)22-14-9-13-5-3-4-6-17(13)21-11-14/h3-11H,1-2H3,(H,22,23). The zero-order valence-electron chi connectivity index (χ0n) is 13.9. The lowest BCUT2D eigenvalue weighted by Gasteiger charge is -2.05. The molecule has 0 atom stereocenters. The molecule has 1 amide bonds. The van der Waals surface area contributed by atoms with Gasteiger partial charge in [0, 0.05) is 16.3 Å². The molecule has 124 valence electrons. The number of nitrogens with one attached hydrogen (secondary N) is 1. The number of carbonyl (C=O) groups excluding carboxylic acids is 1. The first-order valence-corrected chi connectivity index (χ1v) is 7.89. The maximum atomic E-state index is 12.6. The Bertz CT molecular complexity index is 1100. The second kappa shape index (κ2) is 5.94. The second-order valence-corrected chi connectivity index (χ2v) is 5.79. The third-order valence-corrected chi connectivity index (χ3v) is 4.20. The lowest BCUT2D eigenvalue weighted by atomic mass is 10.1. The van der Waals surface area contributed by atoms with Gasteiger partial charge in [0.2, 0.25) is 0 Å². The van der Waals surface area contributed by atoms with E-state index in [4.69, 9.17) is 9.15 Å². The van der Waals surface area contributed by atoms with Crippen molar-refractivity contribution in [2.24, 2.45) is 0 Å². The zero-order chi connectivity index (χ0) is 17.4. The lowest BCUT2D eigenvalue weighted by molar-refractivity contribution is 0.0998. The van der Waals surface area contributed by atoms with E-state index in [1.54, 1.807) is 25.4 Å². The maximum Gasteiger partial charge on any atom is 0.291 e. The summed E-state index contributed by atoms with van der Waals surface area (Å²) < 4.78 is 11.0. The van der Waals surface area contributed by atoms with Crippen molar-refractivity contribution in [3.8, 4) is 5.75 Å². The molecule has 4 aromatic rings. The molecule has 0 saturated carbocycles. The molecular weight excluding hydrogens is 316 g/mol. The number of methoxy groups -OCH3 is 1. The van der Waals surface area contributed by atoms with Crippen LogP contribution >= 0.6 is 0 Å².